The van der Waals surface area contributed by atoms with Gasteiger partial charge in [0, 0.05) is 6.54 Å². The van der Waals surface area contributed by atoms with Crippen LogP contribution in [0, 0.1) is 5.92 Å². The van der Waals surface area contributed by atoms with Crippen LogP contribution in [0.15, 0.2) is 29.2 Å². The van der Waals surface area contributed by atoms with E-state index in [1.807, 2.05) is 13.8 Å². The molecule has 0 aliphatic carbocycles. The standard InChI is InChI=1S/C13H20N2O3S/c1-9(2)8-15-13(16)10(3)19(17,18)12-7-5-4-6-11(12)14/h4-7,9-10H,8,14H2,1-3H3,(H,15,16). The van der Waals surface area contributed by atoms with Gasteiger partial charge >= 0.3 is 0 Å². The number of benzene rings is 1. The number of carbonyl (C=O) groups excluding carboxylic acids is 1. The van der Waals surface area contributed by atoms with E-state index in [-0.39, 0.29) is 16.5 Å². The Kier molecular flexibility index (Phi) is 4.94. The van der Waals surface area contributed by atoms with E-state index in [2.05, 4.69) is 5.32 Å². The van der Waals surface area contributed by atoms with Gasteiger partial charge in [-0.15, -0.1) is 0 Å². The number of nitrogen functional groups attached to an aromatic ring is 1. The van der Waals surface area contributed by atoms with Crippen molar-refractivity contribution in [3.63, 3.8) is 0 Å². The van der Waals surface area contributed by atoms with Gasteiger partial charge in [0.25, 0.3) is 0 Å². The lowest BCUT2D eigenvalue weighted by atomic mass is 10.2. The highest BCUT2D eigenvalue weighted by Gasteiger charge is 2.30. The highest BCUT2D eigenvalue weighted by atomic mass is 32.2. The zero-order valence-corrected chi connectivity index (χ0v) is 12.2. The Morgan fingerprint density at radius 1 is 1.26 bits per heavy atom. The van der Waals surface area contributed by atoms with E-state index in [0.717, 1.165) is 0 Å². The van der Waals surface area contributed by atoms with Crippen molar-refractivity contribution in [3.05, 3.63) is 24.3 Å². The van der Waals surface area contributed by atoms with Gasteiger partial charge in [0.1, 0.15) is 5.25 Å². The van der Waals surface area contributed by atoms with Gasteiger partial charge in [-0.25, -0.2) is 8.42 Å². The Morgan fingerprint density at radius 3 is 2.37 bits per heavy atom. The first-order valence-electron chi connectivity index (χ1n) is 6.13. The van der Waals surface area contributed by atoms with Gasteiger partial charge in [-0.1, -0.05) is 26.0 Å². The van der Waals surface area contributed by atoms with Crippen molar-refractivity contribution in [2.45, 2.75) is 30.9 Å². The number of nitrogens with two attached hydrogens (primary N) is 1. The maximum Gasteiger partial charge on any atom is 0.238 e. The predicted octanol–water partition coefficient (Wildman–Crippen LogP) is 1.20. The second kappa shape index (κ2) is 6.06. The summed E-state index contributed by atoms with van der Waals surface area (Å²) in [7, 11) is -3.75. The van der Waals surface area contributed by atoms with Crippen LogP contribution in [0.25, 0.3) is 0 Å². The molecular weight excluding hydrogens is 264 g/mol. The third-order valence-corrected chi connectivity index (χ3v) is 4.87. The van der Waals surface area contributed by atoms with E-state index >= 15 is 0 Å². The molecule has 0 heterocycles. The Hall–Kier alpha value is -1.56. The van der Waals surface area contributed by atoms with Crippen LogP contribution < -0.4 is 11.1 Å². The third kappa shape index (κ3) is 3.70. The molecule has 106 valence electrons. The second-order valence-corrected chi connectivity index (χ2v) is 7.10. The Balaban J connectivity index is 2.95. The zero-order valence-electron chi connectivity index (χ0n) is 11.4. The van der Waals surface area contributed by atoms with Crippen LogP contribution in [-0.4, -0.2) is 26.1 Å². The molecule has 0 aromatic heterocycles. The molecular formula is C13H20N2O3S. The van der Waals surface area contributed by atoms with Gasteiger partial charge in [-0.2, -0.15) is 0 Å². The number of sulfone groups is 1. The smallest absolute Gasteiger partial charge is 0.238 e. The molecule has 1 unspecified atom stereocenters. The van der Waals surface area contributed by atoms with Crippen molar-refractivity contribution < 1.29 is 13.2 Å². The molecule has 0 radical (unpaired) electrons. The predicted molar refractivity (Wildman–Crippen MR) is 75.3 cm³/mol. The summed E-state index contributed by atoms with van der Waals surface area (Å²) < 4.78 is 24.6. The number of nitrogens with one attached hydrogen (secondary N) is 1. The Morgan fingerprint density at radius 2 is 1.84 bits per heavy atom. The summed E-state index contributed by atoms with van der Waals surface area (Å²) in [5.41, 5.74) is 5.81. The third-order valence-electron chi connectivity index (χ3n) is 2.74. The molecule has 0 aliphatic rings. The first-order valence-corrected chi connectivity index (χ1v) is 7.67. The number of para-hydroxylation sites is 1. The quantitative estimate of drug-likeness (QED) is 0.795. The summed E-state index contributed by atoms with van der Waals surface area (Å²) >= 11 is 0. The van der Waals surface area contributed by atoms with Crippen LogP contribution in [0.4, 0.5) is 5.69 Å². The van der Waals surface area contributed by atoms with E-state index in [0.29, 0.717) is 6.54 Å². The van der Waals surface area contributed by atoms with E-state index < -0.39 is 21.0 Å². The first-order chi connectivity index (χ1) is 8.76. The first kappa shape index (κ1) is 15.5. The molecule has 1 rings (SSSR count). The van der Waals surface area contributed by atoms with Gasteiger partial charge in [0.05, 0.1) is 10.6 Å². The van der Waals surface area contributed by atoms with Gasteiger partial charge in [0.2, 0.25) is 5.91 Å². The van der Waals surface area contributed by atoms with Gasteiger partial charge < -0.3 is 11.1 Å². The van der Waals surface area contributed by atoms with Gasteiger partial charge in [0.15, 0.2) is 9.84 Å². The molecule has 5 nitrogen and oxygen atoms in total. The largest absolute Gasteiger partial charge is 0.398 e. The molecule has 3 N–H and O–H groups in total. The highest BCUT2D eigenvalue weighted by molar-refractivity contribution is 7.93. The van der Waals surface area contributed by atoms with Crippen LogP contribution in [0.5, 0.6) is 0 Å². The van der Waals surface area contributed by atoms with E-state index in [1.54, 1.807) is 12.1 Å². The summed E-state index contributed by atoms with van der Waals surface area (Å²) in [6.45, 7) is 5.70. The van der Waals surface area contributed by atoms with Crippen molar-refractivity contribution in [2.75, 3.05) is 12.3 Å². The number of rotatable bonds is 5. The molecule has 0 fully saturated rings. The number of carbonyl (C=O) groups is 1. The lowest BCUT2D eigenvalue weighted by Gasteiger charge is -2.15. The fourth-order valence-corrected chi connectivity index (χ4v) is 2.93. The SMILES string of the molecule is CC(C)CNC(=O)C(C)S(=O)(=O)c1ccccc1N. The minimum atomic E-state index is -3.75. The highest BCUT2D eigenvalue weighted by Crippen LogP contribution is 2.22. The van der Waals surface area contributed by atoms with Crippen molar-refractivity contribution in [3.8, 4) is 0 Å². The lowest BCUT2D eigenvalue weighted by molar-refractivity contribution is -0.120. The fourth-order valence-electron chi connectivity index (χ4n) is 1.52. The van der Waals surface area contributed by atoms with Crippen molar-refractivity contribution in [1.29, 1.82) is 0 Å². The summed E-state index contributed by atoms with van der Waals surface area (Å²) in [4.78, 5) is 11.8. The van der Waals surface area contributed by atoms with Gasteiger partial charge in [-0.3, -0.25) is 4.79 Å². The van der Waals surface area contributed by atoms with E-state index in [9.17, 15) is 13.2 Å². The van der Waals surface area contributed by atoms with Crippen molar-refractivity contribution in [2.24, 2.45) is 5.92 Å². The number of hydrogen-bond donors (Lipinski definition) is 2. The summed E-state index contributed by atoms with van der Waals surface area (Å²) in [6, 6.07) is 6.16. The molecule has 0 spiro atoms. The minimum Gasteiger partial charge on any atom is -0.398 e. The number of amides is 1. The average molecular weight is 284 g/mol. The Labute approximate surface area is 114 Å². The molecule has 1 atom stereocenters. The van der Waals surface area contributed by atoms with Crippen molar-refractivity contribution in [1.82, 2.24) is 5.32 Å². The normalized spacial score (nSPS) is 13.3. The molecule has 1 amide bonds. The average Bonchev–Trinajstić information content (AvgIpc) is 2.35. The molecule has 0 bridgehead atoms. The van der Waals surface area contributed by atoms with Crippen LogP contribution in [0.1, 0.15) is 20.8 Å². The molecule has 0 saturated carbocycles. The summed E-state index contributed by atoms with van der Waals surface area (Å²) in [5, 5.41) is 1.46. The topological polar surface area (TPSA) is 89.3 Å². The van der Waals surface area contributed by atoms with Crippen LogP contribution >= 0.6 is 0 Å². The monoisotopic (exact) mass is 284 g/mol. The van der Waals surface area contributed by atoms with Crippen LogP contribution in [-0.2, 0) is 14.6 Å². The minimum absolute atomic E-state index is 0.00203. The summed E-state index contributed by atoms with van der Waals surface area (Å²) in [5.74, 6) is -0.238. The maximum atomic E-state index is 12.3. The fraction of sp³-hybridized carbons (Fsp3) is 0.462. The molecule has 6 heteroatoms. The molecule has 19 heavy (non-hydrogen) atoms. The lowest BCUT2D eigenvalue weighted by Crippen LogP contribution is -2.39. The maximum absolute atomic E-state index is 12.3. The van der Waals surface area contributed by atoms with E-state index in [4.69, 9.17) is 5.73 Å². The summed E-state index contributed by atoms with van der Waals surface area (Å²) in [6.07, 6.45) is 0. The van der Waals surface area contributed by atoms with Gasteiger partial charge in [-0.05, 0) is 25.0 Å². The molecule has 0 saturated heterocycles. The van der Waals surface area contributed by atoms with Crippen molar-refractivity contribution >= 4 is 21.4 Å². The molecule has 1 aromatic rings. The Bertz CT molecular complexity index is 553. The second-order valence-electron chi connectivity index (χ2n) is 4.86. The van der Waals surface area contributed by atoms with E-state index in [1.165, 1.54) is 19.1 Å². The number of hydrogen-bond acceptors (Lipinski definition) is 4. The zero-order chi connectivity index (χ0) is 14.6. The number of anilines is 1. The van der Waals surface area contributed by atoms with Crippen LogP contribution in [0.2, 0.25) is 0 Å². The van der Waals surface area contributed by atoms with Crippen LogP contribution in [0.3, 0.4) is 0 Å². The molecule has 1 aromatic carbocycles. The molecule has 0 aliphatic heterocycles.